The average molecular weight is 550 g/mol. The Kier molecular flexibility index (Phi) is 5.98. The number of imidazole rings is 1. The van der Waals surface area contributed by atoms with Gasteiger partial charge in [-0.3, -0.25) is 9.36 Å². The Morgan fingerprint density at radius 3 is 2.67 bits per heavy atom. The lowest BCUT2D eigenvalue weighted by molar-refractivity contribution is -0.120. The van der Waals surface area contributed by atoms with Crippen molar-refractivity contribution in [2.45, 2.75) is 39.2 Å². The molecule has 39 heavy (non-hydrogen) atoms. The van der Waals surface area contributed by atoms with E-state index < -0.39 is 23.6 Å². The van der Waals surface area contributed by atoms with E-state index in [1.807, 2.05) is 32.0 Å². The van der Waals surface area contributed by atoms with Crippen molar-refractivity contribution in [3.63, 3.8) is 0 Å². The number of fused-ring (bicyclic) bond motifs is 1. The van der Waals surface area contributed by atoms with Crippen LogP contribution in [0.3, 0.4) is 0 Å². The Labute approximate surface area is 224 Å². The van der Waals surface area contributed by atoms with Crippen LogP contribution in [0.15, 0.2) is 47.1 Å². The number of aromatic carboxylic acids is 1. The first kappa shape index (κ1) is 24.9. The van der Waals surface area contributed by atoms with E-state index in [9.17, 15) is 23.5 Å². The molecule has 9 nitrogen and oxygen atoms in total. The molecule has 1 N–H and O–H groups in total. The monoisotopic (exact) mass is 549 g/mol. The summed E-state index contributed by atoms with van der Waals surface area (Å²) in [5.74, 6) is -2.35. The summed E-state index contributed by atoms with van der Waals surface area (Å²) in [6.45, 7) is 3.66. The van der Waals surface area contributed by atoms with Gasteiger partial charge in [0, 0.05) is 23.7 Å². The second kappa shape index (κ2) is 9.38. The van der Waals surface area contributed by atoms with Gasteiger partial charge in [-0.1, -0.05) is 22.6 Å². The van der Waals surface area contributed by atoms with E-state index >= 15 is 0 Å². The SMILES string of the molecule is Cc1noc(C)c1-c1ccc2c(c1)nc(C1CCCC(=O)N1c1ccc(F)c(F)c1)n2-c1ncc(C(=O)O)s1. The minimum atomic E-state index is -1.11. The van der Waals surface area contributed by atoms with Gasteiger partial charge in [-0.05, 0) is 56.5 Å². The number of halogens is 2. The van der Waals surface area contributed by atoms with Gasteiger partial charge < -0.3 is 14.5 Å². The number of carboxylic acid groups (broad SMARTS) is 1. The van der Waals surface area contributed by atoms with Crippen LogP contribution in [0.2, 0.25) is 0 Å². The molecule has 1 amide bonds. The summed E-state index contributed by atoms with van der Waals surface area (Å²) < 4.78 is 35.0. The van der Waals surface area contributed by atoms with Crippen molar-refractivity contribution < 1.29 is 28.0 Å². The molecule has 1 atom stereocenters. The highest BCUT2D eigenvalue weighted by Crippen LogP contribution is 2.40. The van der Waals surface area contributed by atoms with Gasteiger partial charge in [0.15, 0.2) is 16.8 Å². The highest BCUT2D eigenvalue weighted by molar-refractivity contribution is 7.15. The molecule has 1 unspecified atom stereocenters. The van der Waals surface area contributed by atoms with Gasteiger partial charge in [-0.25, -0.2) is 23.5 Å². The predicted molar refractivity (Wildman–Crippen MR) is 139 cm³/mol. The number of hydrogen-bond donors (Lipinski definition) is 1. The molecule has 1 aliphatic rings. The van der Waals surface area contributed by atoms with Gasteiger partial charge >= 0.3 is 5.97 Å². The highest BCUT2D eigenvalue weighted by atomic mass is 32.1. The number of thiazole rings is 1. The lowest BCUT2D eigenvalue weighted by Crippen LogP contribution is -2.39. The molecule has 12 heteroatoms. The summed E-state index contributed by atoms with van der Waals surface area (Å²) in [7, 11) is 0. The van der Waals surface area contributed by atoms with Crippen LogP contribution in [0.5, 0.6) is 0 Å². The fourth-order valence-electron chi connectivity index (χ4n) is 5.11. The van der Waals surface area contributed by atoms with Crippen molar-refractivity contribution in [1.82, 2.24) is 19.7 Å². The molecule has 5 aromatic rings. The quantitative estimate of drug-likeness (QED) is 0.286. The first-order chi connectivity index (χ1) is 18.7. The van der Waals surface area contributed by atoms with Crippen LogP contribution in [0.25, 0.3) is 27.3 Å². The fourth-order valence-corrected chi connectivity index (χ4v) is 5.89. The van der Waals surface area contributed by atoms with Crippen molar-refractivity contribution in [3.05, 3.63) is 76.4 Å². The van der Waals surface area contributed by atoms with Crippen molar-refractivity contribution >= 4 is 39.9 Å². The van der Waals surface area contributed by atoms with Crippen LogP contribution in [-0.4, -0.2) is 36.7 Å². The largest absolute Gasteiger partial charge is 0.477 e. The molecular weight excluding hydrogens is 528 g/mol. The van der Waals surface area contributed by atoms with Crippen LogP contribution in [0, 0.1) is 25.5 Å². The van der Waals surface area contributed by atoms with E-state index in [1.165, 1.54) is 17.2 Å². The van der Waals surface area contributed by atoms with E-state index in [-0.39, 0.29) is 22.9 Å². The Morgan fingerprint density at radius 1 is 1.15 bits per heavy atom. The molecule has 0 saturated carbocycles. The third kappa shape index (κ3) is 4.16. The zero-order chi connectivity index (χ0) is 27.4. The number of nitrogens with zero attached hydrogens (tertiary/aromatic N) is 5. The third-order valence-corrected chi connectivity index (χ3v) is 7.80. The highest BCUT2D eigenvalue weighted by Gasteiger charge is 2.35. The number of rotatable bonds is 5. The number of hydrogen-bond acceptors (Lipinski definition) is 7. The Hall–Kier alpha value is -4.45. The van der Waals surface area contributed by atoms with Crippen LogP contribution < -0.4 is 4.90 Å². The summed E-state index contributed by atoms with van der Waals surface area (Å²) in [6.07, 6.45) is 2.58. The number of aromatic nitrogens is 4. The van der Waals surface area contributed by atoms with E-state index in [1.54, 1.807) is 4.57 Å². The summed E-state index contributed by atoms with van der Waals surface area (Å²) >= 11 is 0.975. The second-order valence-corrected chi connectivity index (χ2v) is 10.3. The van der Waals surface area contributed by atoms with Crippen LogP contribution in [-0.2, 0) is 4.79 Å². The number of carbonyl (C=O) groups excluding carboxylic acids is 1. The lowest BCUT2D eigenvalue weighted by atomic mass is 9.99. The fraction of sp³-hybridized carbons (Fsp3) is 0.222. The standard InChI is InChI=1S/C27H21F2N5O4S/c1-13-24(14(2)38-32-13)15-6-9-20-19(10-15)31-25(34(20)27-30-12-22(39-27)26(36)37)21-4-3-5-23(35)33(21)16-7-8-17(28)18(29)11-16/h6-12,21H,3-5H2,1-2H3,(H,36,37). The molecule has 198 valence electrons. The number of benzene rings is 2. The van der Waals surface area contributed by atoms with Gasteiger partial charge in [-0.15, -0.1) is 0 Å². The van der Waals surface area contributed by atoms with Crippen molar-refractivity contribution in [3.8, 4) is 16.3 Å². The maximum atomic E-state index is 14.2. The van der Waals surface area contributed by atoms with E-state index in [2.05, 4.69) is 10.1 Å². The first-order valence-corrected chi connectivity index (χ1v) is 13.0. The number of piperidine rings is 1. The summed E-state index contributed by atoms with van der Waals surface area (Å²) in [6, 6.07) is 8.33. The van der Waals surface area contributed by atoms with Crippen LogP contribution in [0.1, 0.15) is 52.3 Å². The molecular formula is C27H21F2N5O4S. The van der Waals surface area contributed by atoms with Gasteiger partial charge in [0.2, 0.25) is 5.91 Å². The van der Waals surface area contributed by atoms with Crippen molar-refractivity contribution in [2.75, 3.05) is 4.90 Å². The van der Waals surface area contributed by atoms with Gasteiger partial charge in [0.1, 0.15) is 16.5 Å². The van der Waals surface area contributed by atoms with E-state index in [4.69, 9.17) is 9.51 Å². The second-order valence-electron chi connectivity index (χ2n) is 9.29. The normalized spacial score (nSPS) is 15.8. The maximum Gasteiger partial charge on any atom is 0.347 e. The summed E-state index contributed by atoms with van der Waals surface area (Å²) in [5.41, 5.74) is 3.83. The van der Waals surface area contributed by atoms with Gasteiger partial charge in [-0.2, -0.15) is 0 Å². The zero-order valence-electron chi connectivity index (χ0n) is 20.8. The lowest BCUT2D eigenvalue weighted by Gasteiger charge is -2.35. The zero-order valence-corrected chi connectivity index (χ0v) is 21.6. The van der Waals surface area contributed by atoms with E-state index in [0.29, 0.717) is 40.6 Å². The molecule has 1 aliphatic heterocycles. The predicted octanol–water partition coefficient (Wildman–Crippen LogP) is 5.99. The molecule has 0 spiro atoms. The van der Waals surface area contributed by atoms with Crippen molar-refractivity contribution in [1.29, 1.82) is 0 Å². The number of aryl methyl sites for hydroxylation is 2. The number of carboxylic acids is 1. The molecule has 1 saturated heterocycles. The van der Waals surface area contributed by atoms with Crippen molar-refractivity contribution in [2.24, 2.45) is 0 Å². The molecule has 0 aliphatic carbocycles. The van der Waals surface area contributed by atoms with E-state index in [0.717, 1.165) is 40.3 Å². The first-order valence-electron chi connectivity index (χ1n) is 12.1. The summed E-state index contributed by atoms with van der Waals surface area (Å²) in [4.78, 5) is 35.6. The maximum absolute atomic E-state index is 14.2. The van der Waals surface area contributed by atoms with Gasteiger partial charge in [0.05, 0.1) is 29.0 Å². The number of anilines is 1. The number of carbonyl (C=O) groups is 2. The molecule has 3 aromatic heterocycles. The minimum Gasteiger partial charge on any atom is -0.477 e. The van der Waals surface area contributed by atoms with Crippen LogP contribution in [0.4, 0.5) is 14.5 Å². The summed E-state index contributed by atoms with van der Waals surface area (Å²) in [5, 5.41) is 13.9. The third-order valence-electron chi connectivity index (χ3n) is 6.83. The molecule has 2 aromatic carbocycles. The molecule has 6 rings (SSSR count). The molecule has 0 bridgehead atoms. The Balaban J connectivity index is 1.57. The van der Waals surface area contributed by atoms with Crippen LogP contribution >= 0.6 is 11.3 Å². The minimum absolute atomic E-state index is 0.0438. The molecule has 1 fully saturated rings. The Bertz CT molecular complexity index is 1760. The topological polar surface area (TPSA) is 114 Å². The van der Waals surface area contributed by atoms with Gasteiger partial charge in [0.25, 0.3) is 0 Å². The smallest absolute Gasteiger partial charge is 0.347 e. The molecule has 4 heterocycles. The Morgan fingerprint density at radius 2 is 1.97 bits per heavy atom. The average Bonchev–Trinajstić information content (AvgIpc) is 3.62. The molecule has 0 radical (unpaired) electrons. The number of amides is 1.